The van der Waals surface area contributed by atoms with Crippen molar-refractivity contribution in [2.24, 2.45) is 5.92 Å². The monoisotopic (exact) mass is 221 g/mol. The van der Waals surface area contributed by atoms with Crippen LogP contribution < -0.4 is 5.32 Å². The first-order chi connectivity index (χ1) is 5.26. The second kappa shape index (κ2) is 6.65. The van der Waals surface area contributed by atoms with Gasteiger partial charge in [-0.1, -0.05) is 29.8 Å². The molecule has 0 aliphatic rings. The van der Waals surface area contributed by atoms with Crippen LogP contribution in [0.2, 0.25) is 0 Å². The highest BCUT2D eigenvalue weighted by molar-refractivity contribution is 9.09. The summed E-state index contributed by atoms with van der Waals surface area (Å²) in [5.41, 5.74) is 0. The minimum absolute atomic E-state index is 0.189. The minimum atomic E-state index is 0.189. The van der Waals surface area contributed by atoms with Crippen LogP contribution in [0.1, 0.15) is 26.7 Å². The molecule has 0 aliphatic heterocycles. The number of rotatable bonds is 5. The Balaban J connectivity index is 3.61. The third kappa shape index (κ3) is 4.40. The van der Waals surface area contributed by atoms with E-state index in [2.05, 4.69) is 21.2 Å². The van der Waals surface area contributed by atoms with Crippen molar-refractivity contribution in [1.82, 2.24) is 5.32 Å². The van der Waals surface area contributed by atoms with Crippen molar-refractivity contribution in [2.75, 3.05) is 11.9 Å². The molecular formula is C8H16BrNO. The van der Waals surface area contributed by atoms with Crippen LogP contribution in [0.4, 0.5) is 0 Å². The lowest BCUT2D eigenvalue weighted by Crippen LogP contribution is -2.31. The summed E-state index contributed by atoms with van der Waals surface area (Å²) in [5.74, 6) is 0.392. The summed E-state index contributed by atoms with van der Waals surface area (Å²) >= 11 is 3.26. The third-order valence-electron chi connectivity index (χ3n) is 1.75. The summed E-state index contributed by atoms with van der Waals surface area (Å²) in [4.78, 5) is 11.2. The molecule has 0 aromatic carbocycles. The lowest BCUT2D eigenvalue weighted by molar-refractivity contribution is -0.125. The van der Waals surface area contributed by atoms with Crippen molar-refractivity contribution >= 4 is 21.8 Å². The van der Waals surface area contributed by atoms with Gasteiger partial charge in [-0.25, -0.2) is 0 Å². The van der Waals surface area contributed by atoms with Gasteiger partial charge in [0.25, 0.3) is 0 Å². The molecule has 0 unspecified atom stereocenters. The van der Waals surface area contributed by atoms with E-state index in [0.717, 1.165) is 24.7 Å². The van der Waals surface area contributed by atoms with Crippen LogP contribution in [0.25, 0.3) is 0 Å². The second-order valence-electron chi connectivity index (χ2n) is 2.49. The van der Waals surface area contributed by atoms with E-state index in [-0.39, 0.29) is 11.8 Å². The summed E-state index contributed by atoms with van der Waals surface area (Å²) in [6.07, 6.45) is 1.87. The number of alkyl halides is 1. The van der Waals surface area contributed by atoms with Gasteiger partial charge in [-0.2, -0.15) is 0 Å². The molecule has 2 nitrogen and oxygen atoms in total. The maximum atomic E-state index is 11.2. The Kier molecular flexibility index (Phi) is 6.62. The molecule has 0 spiro atoms. The molecule has 0 bridgehead atoms. The van der Waals surface area contributed by atoms with Gasteiger partial charge >= 0.3 is 0 Å². The van der Waals surface area contributed by atoms with Crippen molar-refractivity contribution in [3.05, 3.63) is 0 Å². The number of hydrogen-bond donors (Lipinski definition) is 1. The van der Waals surface area contributed by atoms with Crippen LogP contribution in [0.5, 0.6) is 0 Å². The number of halogens is 1. The van der Waals surface area contributed by atoms with E-state index in [0.29, 0.717) is 0 Å². The van der Waals surface area contributed by atoms with Crippen molar-refractivity contribution in [1.29, 1.82) is 0 Å². The normalized spacial score (nSPS) is 10.2. The van der Waals surface area contributed by atoms with E-state index in [1.807, 2.05) is 13.8 Å². The maximum absolute atomic E-state index is 11.2. The van der Waals surface area contributed by atoms with Gasteiger partial charge in [0.15, 0.2) is 0 Å². The number of carbonyl (C=O) groups excluding carboxylic acids is 1. The first-order valence-electron chi connectivity index (χ1n) is 4.09. The molecule has 0 saturated heterocycles. The van der Waals surface area contributed by atoms with Crippen LogP contribution in [0, 0.1) is 5.92 Å². The largest absolute Gasteiger partial charge is 0.355 e. The van der Waals surface area contributed by atoms with Crippen LogP contribution >= 0.6 is 15.9 Å². The zero-order valence-electron chi connectivity index (χ0n) is 7.19. The van der Waals surface area contributed by atoms with Gasteiger partial charge < -0.3 is 5.32 Å². The Morgan fingerprint density at radius 2 is 2.00 bits per heavy atom. The summed E-state index contributed by atoms with van der Waals surface area (Å²) in [6.45, 7) is 4.82. The van der Waals surface area contributed by atoms with Crippen molar-refractivity contribution in [3.8, 4) is 0 Å². The van der Waals surface area contributed by atoms with Crippen LogP contribution in [0.3, 0.4) is 0 Å². The standard InChI is InChI=1S/C8H16BrNO/c1-3-7(4-2)8(11)10-6-5-9/h7H,3-6H2,1-2H3,(H,10,11). The molecule has 0 atom stereocenters. The summed E-state index contributed by atoms with van der Waals surface area (Å²) < 4.78 is 0. The highest BCUT2D eigenvalue weighted by Crippen LogP contribution is 2.06. The Morgan fingerprint density at radius 1 is 1.45 bits per heavy atom. The highest BCUT2D eigenvalue weighted by atomic mass is 79.9. The molecule has 66 valence electrons. The summed E-state index contributed by atoms with van der Waals surface area (Å²) in [7, 11) is 0. The Morgan fingerprint density at radius 3 is 2.36 bits per heavy atom. The quantitative estimate of drug-likeness (QED) is 0.707. The first kappa shape index (κ1) is 11.0. The molecule has 0 saturated carbocycles. The molecule has 0 aliphatic carbocycles. The average Bonchev–Trinajstić information content (AvgIpc) is 2.03. The van der Waals surface area contributed by atoms with Crippen molar-refractivity contribution < 1.29 is 4.79 Å². The fraction of sp³-hybridized carbons (Fsp3) is 0.875. The SMILES string of the molecule is CCC(CC)C(=O)NCCBr. The number of hydrogen-bond acceptors (Lipinski definition) is 1. The molecule has 1 N–H and O–H groups in total. The molecule has 0 radical (unpaired) electrons. The number of nitrogens with one attached hydrogen (secondary N) is 1. The molecule has 11 heavy (non-hydrogen) atoms. The number of carbonyl (C=O) groups is 1. The van der Waals surface area contributed by atoms with Gasteiger partial charge in [0.2, 0.25) is 5.91 Å². The Labute approximate surface area is 76.9 Å². The Hall–Kier alpha value is -0.0500. The van der Waals surface area contributed by atoms with Crippen molar-refractivity contribution in [2.45, 2.75) is 26.7 Å². The van der Waals surface area contributed by atoms with E-state index in [1.165, 1.54) is 0 Å². The lowest BCUT2D eigenvalue weighted by Gasteiger charge is -2.11. The predicted molar refractivity (Wildman–Crippen MR) is 50.9 cm³/mol. The third-order valence-corrected chi connectivity index (χ3v) is 2.15. The fourth-order valence-electron chi connectivity index (χ4n) is 0.974. The number of amides is 1. The molecule has 0 heterocycles. The summed E-state index contributed by atoms with van der Waals surface area (Å²) in [5, 5.41) is 3.68. The zero-order chi connectivity index (χ0) is 8.69. The molecule has 0 fully saturated rings. The van der Waals surface area contributed by atoms with Gasteiger partial charge in [0.1, 0.15) is 0 Å². The topological polar surface area (TPSA) is 29.1 Å². The van der Waals surface area contributed by atoms with Crippen LogP contribution in [0.15, 0.2) is 0 Å². The van der Waals surface area contributed by atoms with Gasteiger partial charge in [-0.05, 0) is 12.8 Å². The minimum Gasteiger partial charge on any atom is -0.355 e. The van der Waals surface area contributed by atoms with Crippen molar-refractivity contribution in [3.63, 3.8) is 0 Å². The maximum Gasteiger partial charge on any atom is 0.223 e. The van der Waals surface area contributed by atoms with E-state index < -0.39 is 0 Å². The fourth-order valence-corrected chi connectivity index (χ4v) is 1.17. The average molecular weight is 222 g/mol. The molecular weight excluding hydrogens is 206 g/mol. The first-order valence-corrected chi connectivity index (χ1v) is 5.22. The van der Waals surface area contributed by atoms with Gasteiger partial charge in [0, 0.05) is 17.8 Å². The molecule has 3 heteroatoms. The van der Waals surface area contributed by atoms with Crippen LogP contribution in [-0.4, -0.2) is 17.8 Å². The Bertz CT molecular complexity index is 113. The molecule has 1 amide bonds. The molecule has 0 rings (SSSR count). The van der Waals surface area contributed by atoms with Gasteiger partial charge in [-0.15, -0.1) is 0 Å². The van der Waals surface area contributed by atoms with E-state index in [4.69, 9.17) is 0 Å². The van der Waals surface area contributed by atoms with Gasteiger partial charge in [0.05, 0.1) is 0 Å². The predicted octanol–water partition coefficient (Wildman–Crippen LogP) is 1.93. The van der Waals surface area contributed by atoms with E-state index in [1.54, 1.807) is 0 Å². The lowest BCUT2D eigenvalue weighted by atomic mass is 10.0. The zero-order valence-corrected chi connectivity index (χ0v) is 8.78. The second-order valence-corrected chi connectivity index (χ2v) is 3.29. The summed E-state index contributed by atoms with van der Waals surface area (Å²) in [6, 6.07) is 0. The highest BCUT2D eigenvalue weighted by Gasteiger charge is 2.12. The van der Waals surface area contributed by atoms with E-state index in [9.17, 15) is 4.79 Å². The van der Waals surface area contributed by atoms with Crippen LogP contribution in [-0.2, 0) is 4.79 Å². The van der Waals surface area contributed by atoms with Gasteiger partial charge in [-0.3, -0.25) is 4.79 Å². The molecule has 0 aromatic heterocycles. The van der Waals surface area contributed by atoms with E-state index >= 15 is 0 Å². The molecule has 0 aromatic rings. The smallest absolute Gasteiger partial charge is 0.223 e.